The maximum absolute atomic E-state index is 12.7. The predicted molar refractivity (Wildman–Crippen MR) is 116 cm³/mol. The molecule has 1 aliphatic rings. The van der Waals surface area contributed by atoms with Crippen LogP contribution >= 0.6 is 11.3 Å². The molecule has 1 saturated heterocycles. The fourth-order valence-electron chi connectivity index (χ4n) is 3.26. The Bertz CT molecular complexity index is 1050. The summed E-state index contributed by atoms with van der Waals surface area (Å²) in [5.41, 5.74) is 8.48. The summed E-state index contributed by atoms with van der Waals surface area (Å²) in [6.45, 7) is 1.74. The second-order valence-corrected chi connectivity index (χ2v) is 7.76. The summed E-state index contributed by atoms with van der Waals surface area (Å²) in [5.74, 6) is -0.277. The number of carbonyl (C=O) groups is 1. The van der Waals surface area contributed by atoms with E-state index in [9.17, 15) is 9.59 Å². The first kappa shape index (κ1) is 19.2. The molecular formula is C20H22N6O2S. The number of benzene rings is 1. The molecule has 1 fully saturated rings. The highest BCUT2D eigenvalue weighted by Crippen LogP contribution is 2.29. The molecule has 0 bridgehead atoms. The van der Waals surface area contributed by atoms with Gasteiger partial charge >= 0.3 is 0 Å². The highest BCUT2D eigenvalue weighted by atomic mass is 32.1. The van der Waals surface area contributed by atoms with Crippen molar-refractivity contribution in [2.24, 2.45) is 5.73 Å². The number of aromatic nitrogens is 2. The first-order chi connectivity index (χ1) is 14.1. The number of nitrogens with zero attached hydrogens (tertiary/aromatic N) is 2. The fourth-order valence-corrected chi connectivity index (χ4v) is 3.97. The van der Waals surface area contributed by atoms with Gasteiger partial charge in [-0.05, 0) is 31.0 Å². The van der Waals surface area contributed by atoms with Gasteiger partial charge < -0.3 is 26.3 Å². The maximum Gasteiger partial charge on any atom is 0.275 e. The molecule has 0 unspecified atom stereocenters. The van der Waals surface area contributed by atoms with Crippen molar-refractivity contribution in [3.8, 4) is 0 Å². The van der Waals surface area contributed by atoms with E-state index in [0.29, 0.717) is 16.5 Å². The third-order valence-corrected chi connectivity index (χ3v) is 5.55. The minimum Gasteiger partial charge on any atom is -0.370 e. The third-order valence-electron chi connectivity index (χ3n) is 4.80. The largest absolute Gasteiger partial charge is 0.370 e. The van der Waals surface area contributed by atoms with Crippen molar-refractivity contribution in [2.45, 2.75) is 18.9 Å². The van der Waals surface area contributed by atoms with Crippen molar-refractivity contribution < 1.29 is 4.79 Å². The van der Waals surface area contributed by atoms with E-state index in [1.54, 1.807) is 17.6 Å². The molecular weight excluding hydrogens is 388 g/mol. The van der Waals surface area contributed by atoms with Crippen LogP contribution in [-0.2, 0) is 0 Å². The van der Waals surface area contributed by atoms with E-state index in [1.807, 2.05) is 24.3 Å². The van der Waals surface area contributed by atoms with Gasteiger partial charge in [0.1, 0.15) is 5.69 Å². The monoisotopic (exact) mass is 410 g/mol. The maximum atomic E-state index is 12.7. The van der Waals surface area contributed by atoms with Crippen LogP contribution in [0.5, 0.6) is 0 Å². The summed E-state index contributed by atoms with van der Waals surface area (Å²) >= 11 is 1.30. The van der Waals surface area contributed by atoms with Crippen LogP contribution in [0.1, 0.15) is 23.3 Å². The summed E-state index contributed by atoms with van der Waals surface area (Å²) < 4.78 is 0. The molecule has 0 aliphatic carbocycles. The van der Waals surface area contributed by atoms with Crippen LogP contribution < -0.4 is 26.8 Å². The number of pyridine rings is 1. The van der Waals surface area contributed by atoms with Crippen molar-refractivity contribution in [3.05, 3.63) is 64.0 Å². The number of piperidine rings is 1. The molecule has 2 aromatic heterocycles. The Hall–Kier alpha value is -3.17. The van der Waals surface area contributed by atoms with E-state index in [1.165, 1.54) is 17.4 Å². The Morgan fingerprint density at radius 1 is 1.24 bits per heavy atom. The molecule has 1 amide bonds. The van der Waals surface area contributed by atoms with Crippen LogP contribution in [0.4, 0.5) is 22.2 Å². The Labute approximate surface area is 171 Å². The average Bonchev–Trinajstić information content (AvgIpc) is 3.18. The lowest BCUT2D eigenvalue weighted by molar-refractivity contribution is 0.102. The summed E-state index contributed by atoms with van der Waals surface area (Å²) in [6, 6.07) is 11.2. The Kier molecular flexibility index (Phi) is 5.59. The number of nitrogens with two attached hydrogens (primary N) is 1. The standard InChI is InChI=1S/C20H22N6O2S/c21-13-6-9-26(10-7-13)17-4-2-1-3-15(17)24-19(28)16-12-29-20(25-16)23-14-5-8-22-18(27)11-14/h1-5,8,11-13H,6-7,9-10,21H2,(H,24,28)(H2,22,23,25,27). The molecule has 150 valence electrons. The first-order valence-corrected chi connectivity index (χ1v) is 10.3. The van der Waals surface area contributed by atoms with E-state index in [-0.39, 0.29) is 17.5 Å². The van der Waals surface area contributed by atoms with Crippen LogP contribution in [0, 0.1) is 0 Å². The van der Waals surface area contributed by atoms with Crippen molar-refractivity contribution in [2.75, 3.05) is 28.6 Å². The van der Waals surface area contributed by atoms with Gasteiger partial charge in [0.2, 0.25) is 5.56 Å². The number of hydrogen-bond donors (Lipinski definition) is 4. The number of para-hydroxylation sites is 2. The summed E-state index contributed by atoms with van der Waals surface area (Å²) in [5, 5.41) is 8.24. The molecule has 0 atom stereocenters. The third kappa shape index (κ3) is 4.64. The van der Waals surface area contributed by atoms with Crippen molar-refractivity contribution >= 4 is 39.4 Å². The minimum absolute atomic E-state index is 0.209. The van der Waals surface area contributed by atoms with Gasteiger partial charge in [-0.15, -0.1) is 11.3 Å². The molecule has 3 aromatic rings. The number of amides is 1. The molecule has 8 nitrogen and oxygen atoms in total. The highest BCUT2D eigenvalue weighted by molar-refractivity contribution is 7.14. The van der Waals surface area contributed by atoms with Gasteiger partial charge in [-0.2, -0.15) is 0 Å². The summed E-state index contributed by atoms with van der Waals surface area (Å²) in [4.78, 5) is 33.3. The molecule has 3 heterocycles. The van der Waals surface area contributed by atoms with Crippen LogP contribution in [0.25, 0.3) is 0 Å². The molecule has 1 aromatic carbocycles. The number of H-pyrrole nitrogens is 1. The zero-order chi connectivity index (χ0) is 20.2. The fraction of sp³-hybridized carbons (Fsp3) is 0.250. The zero-order valence-corrected chi connectivity index (χ0v) is 16.5. The van der Waals surface area contributed by atoms with Crippen LogP contribution in [0.15, 0.2) is 52.8 Å². The van der Waals surface area contributed by atoms with Gasteiger partial charge in [-0.3, -0.25) is 9.59 Å². The molecule has 5 N–H and O–H groups in total. The predicted octanol–water partition coefficient (Wildman–Crippen LogP) is 2.75. The molecule has 1 aliphatic heterocycles. The quantitative estimate of drug-likeness (QED) is 0.514. The van der Waals surface area contributed by atoms with E-state index in [2.05, 4.69) is 25.5 Å². The Balaban J connectivity index is 1.46. The lowest BCUT2D eigenvalue weighted by atomic mass is 10.0. The second kappa shape index (κ2) is 8.46. The van der Waals surface area contributed by atoms with Crippen LogP contribution in [0.3, 0.4) is 0 Å². The molecule has 29 heavy (non-hydrogen) atoms. The SMILES string of the molecule is NC1CCN(c2ccccc2NC(=O)c2csc(Nc3cc[nH]c(=O)c3)n2)CC1. The number of carbonyl (C=O) groups excluding carboxylic acids is 1. The van der Waals surface area contributed by atoms with Gasteiger partial charge in [-0.25, -0.2) is 4.98 Å². The number of thiazole rings is 1. The average molecular weight is 411 g/mol. The van der Waals surface area contributed by atoms with Gasteiger partial charge in [0.15, 0.2) is 5.13 Å². The normalized spacial score (nSPS) is 14.6. The van der Waals surface area contributed by atoms with Gasteiger partial charge in [0.25, 0.3) is 5.91 Å². The lowest BCUT2D eigenvalue weighted by Crippen LogP contribution is -2.40. The van der Waals surface area contributed by atoms with Crippen molar-refractivity contribution in [1.29, 1.82) is 0 Å². The smallest absolute Gasteiger partial charge is 0.275 e. The van der Waals surface area contributed by atoms with Gasteiger partial charge in [-0.1, -0.05) is 12.1 Å². The van der Waals surface area contributed by atoms with Crippen LogP contribution in [0.2, 0.25) is 0 Å². The Morgan fingerprint density at radius 3 is 2.83 bits per heavy atom. The second-order valence-electron chi connectivity index (χ2n) is 6.90. The number of nitrogens with one attached hydrogen (secondary N) is 3. The number of hydrogen-bond acceptors (Lipinski definition) is 7. The molecule has 0 saturated carbocycles. The summed E-state index contributed by atoms with van der Waals surface area (Å²) in [6.07, 6.45) is 3.42. The lowest BCUT2D eigenvalue weighted by Gasteiger charge is -2.33. The van der Waals surface area contributed by atoms with Crippen molar-refractivity contribution in [3.63, 3.8) is 0 Å². The zero-order valence-electron chi connectivity index (χ0n) is 15.7. The topological polar surface area (TPSA) is 116 Å². The highest BCUT2D eigenvalue weighted by Gasteiger charge is 2.20. The van der Waals surface area contributed by atoms with E-state index in [4.69, 9.17) is 5.73 Å². The number of aromatic amines is 1. The van der Waals surface area contributed by atoms with E-state index >= 15 is 0 Å². The number of rotatable bonds is 5. The number of anilines is 4. The molecule has 0 spiro atoms. The van der Waals surface area contributed by atoms with E-state index in [0.717, 1.165) is 37.3 Å². The Morgan fingerprint density at radius 2 is 2.03 bits per heavy atom. The summed E-state index contributed by atoms with van der Waals surface area (Å²) in [7, 11) is 0. The van der Waals surface area contributed by atoms with E-state index < -0.39 is 0 Å². The van der Waals surface area contributed by atoms with Gasteiger partial charge in [0.05, 0.1) is 11.4 Å². The van der Waals surface area contributed by atoms with Crippen molar-refractivity contribution in [1.82, 2.24) is 9.97 Å². The first-order valence-electron chi connectivity index (χ1n) is 9.41. The molecule has 4 rings (SSSR count). The van der Waals surface area contributed by atoms with Crippen LogP contribution in [-0.4, -0.2) is 35.0 Å². The van der Waals surface area contributed by atoms with Gasteiger partial charge in [0, 0.05) is 42.5 Å². The molecule has 9 heteroatoms. The molecule has 0 radical (unpaired) electrons. The minimum atomic E-state index is -0.277.